The number of carbonyl (C=O) groups is 1. The Morgan fingerprint density at radius 3 is 2.36 bits per heavy atom. The van der Waals surface area contributed by atoms with E-state index < -0.39 is 10.0 Å². The maximum Gasteiger partial charge on any atom is 0.285 e. The van der Waals surface area contributed by atoms with E-state index in [0.717, 1.165) is 13.1 Å². The van der Waals surface area contributed by atoms with Gasteiger partial charge in [-0.2, -0.15) is 8.42 Å². The Hall–Kier alpha value is -2.71. The van der Waals surface area contributed by atoms with Crippen LogP contribution in [-0.2, 0) is 14.8 Å². The van der Waals surface area contributed by atoms with Crippen molar-refractivity contribution in [1.29, 1.82) is 0 Å². The number of rotatable bonds is 7. The molecule has 1 amide bonds. The molecule has 33 heavy (non-hydrogen) atoms. The molecule has 2 aliphatic rings. The van der Waals surface area contributed by atoms with E-state index in [1.807, 2.05) is 29.2 Å². The van der Waals surface area contributed by atoms with Gasteiger partial charge in [0.05, 0.1) is 6.04 Å². The second-order valence-corrected chi connectivity index (χ2v) is 10.1. The molecule has 2 aromatic rings. The van der Waals surface area contributed by atoms with Crippen molar-refractivity contribution in [3.05, 3.63) is 65.7 Å². The van der Waals surface area contributed by atoms with E-state index in [-0.39, 0.29) is 22.8 Å². The van der Waals surface area contributed by atoms with Gasteiger partial charge in [-0.3, -0.25) is 9.69 Å². The zero-order chi connectivity index (χ0) is 23.4. The molecule has 0 radical (unpaired) electrons. The smallest absolute Gasteiger partial charge is 0.285 e. The molecule has 2 heterocycles. The van der Waals surface area contributed by atoms with E-state index >= 15 is 0 Å². The third kappa shape index (κ3) is 4.96. The van der Waals surface area contributed by atoms with Gasteiger partial charge < -0.3 is 10.2 Å². The first-order valence-electron chi connectivity index (χ1n) is 11.7. The van der Waals surface area contributed by atoms with E-state index in [2.05, 4.69) is 40.6 Å². The molecule has 0 spiro atoms. The van der Waals surface area contributed by atoms with Crippen molar-refractivity contribution >= 4 is 21.8 Å². The first kappa shape index (κ1) is 23.4. The Balaban J connectivity index is 1.37. The lowest BCUT2D eigenvalue weighted by molar-refractivity contribution is -0.126. The molecule has 0 bridgehead atoms. The number of piperidine rings is 1. The van der Waals surface area contributed by atoms with E-state index in [0.29, 0.717) is 43.9 Å². The fraction of sp³-hybridized carbons (Fsp3) is 0.440. The van der Waals surface area contributed by atoms with E-state index in [4.69, 9.17) is 0 Å². The predicted molar refractivity (Wildman–Crippen MR) is 130 cm³/mol. The molecule has 1 saturated heterocycles. The van der Waals surface area contributed by atoms with Gasteiger partial charge in [0.25, 0.3) is 10.0 Å². The van der Waals surface area contributed by atoms with Gasteiger partial charge >= 0.3 is 0 Å². The summed E-state index contributed by atoms with van der Waals surface area (Å²) >= 11 is 0. The average molecular weight is 469 g/mol. The van der Waals surface area contributed by atoms with Crippen molar-refractivity contribution < 1.29 is 13.2 Å². The summed E-state index contributed by atoms with van der Waals surface area (Å²) in [7, 11) is -3.63. The number of fused-ring (bicyclic) bond motifs is 1. The summed E-state index contributed by atoms with van der Waals surface area (Å²) < 4.78 is 28.8. The summed E-state index contributed by atoms with van der Waals surface area (Å²) in [5.74, 6) is 0.502. The summed E-state index contributed by atoms with van der Waals surface area (Å²) in [6, 6.07) is 17.4. The summed E-state index contributed by atoms with van der Waals surface area (Å²) in [5, 5.41) is 3.19. The van der Waals surface area contributed by atoms with Gasteiger partial charge in [-0.25, -0.2) is 0 Å². The zero-order valence-electron chi connectivity index (χ0n) is 19.3. The number of hydrogen-bond acceptors (Lipinski definition) is 5. The molecule has 2 aromatic carbocycles. The number of likely N-dealkylation sites (N-methyl/N-ethyl adjacent to an activating group) is 1. The van der Waals surface area contributed by atoms with Crippen LogP contribution in [-0.4, -0.2) is 62.7 Å². The largest absolute Gasteiger partial charge is 0.355 e. The normalized spacial score (nSPS) is 18.6. The highest BCUT2D eigenvalue weighted by molar-refractivity contribution is 7.90. The van der Waals surface area contributed by atoms with Crippen LogP contribution in [0.15, 0.2) is 63.9 Å². The highest BCUT2D eigenvalue weighted by Gasteiger charge is 2.34. The van der Waals surface area contributed by atoms with Crippen molar-refractivity contribution in [2.75, 3.05) is 32.7 Å². The van der Waals surface area contributed by atoms with Crippen molar-refractivity contribution in [1.82, 2.24) is 15.1 Å². The average Bonchev–Trinajstić information content (AvgIpc) is 3.13. The third-order valence-corrected chi connectivity index (χ3v) is 8.01. The molecular weight excluding hydrogens is 436 g/mol. The Labute approximate surface area is 196 Å². The number of sulfonamides is 1. The molecule has 176 valence electrons. The van der Waals surface area contributed by atoms with Gasteiger partial charge in [-0.15, -0.1) is 4.40 Å². The molecule has 1 atom stereocenters. The number of amides is 1. The number of nitrogens with zero attached hydrogens (tertiary/aromatic N) is 3. The number of likely N-dealkylation sites (tertiary alicyclic amines) is 1. The van der Waals surface area contributed by atoms with Gasteiger partial charge in [0, 0.05) is 31.1 Å². The Morgan fingerprint density at radius 1 is 1.06 bits per heavy atom. The van der Waals surface area contributed by atoms with Crippen LogP contribution in [0.3, 0.4) is 0 Å². The van der Waals surface area contributed by atoms with E-state index in [1.54, 1.807) is 18.2 Å². The van der Waals surface area contributed by atoms with Crippen molar-refractivity contribution in [3.8, 4) is 0 Å². The Morgan fingerprint density at radius 2 is 1.70 bits per heavy atom. The summed E-state index contributed by atoms with van der Waals surface area (Å²) in [6.07, 6.45) is 1.35. The van der Waals surface area contributed by atoms with Crippen molar-refractivity contribution in [2.45, 2.75) is 37.6 Å². The predicted octanol–water partition coefficient (Wildman–Crippen LogP) is 3.05. The first-order valence-corrected chi connectivity index (χ1v) is 13.1. The van der Waals surface area contributed by atoms with Crippen LogP contribution in [0.25, 0.3) is 0 Å². The maximum absolute atomic E-state index is 13.0. The zero-order valence-corrected chi connectivity index (χ0v) is 20.1. The second kappa shape index (κ2) is 10.1. The molecule has 0 saturated carbocycles. The lowest BCUT2D eigenvalue weighted by atomic mass is 9.95. The third-order valence-electron chi connectivity index (χ3n) is 6.68. The monoisotopic (exact) mass is 468 g/mol. The number of carbonyl (C=O) groups excluding carboxylic acids is 1. The minimum Gasteiger partial charge on any atom is -0.355 e. The van der Waals surface area contributed by atoms with Crippen molar-refractivity contribution in [3.63, 3.8) is 0 Å². The molecule has 1 unspecified atom stereocenters. The lowest BCUT2D eigenvalue weighted by Gasteiger charge is -2.34. The van der Waals surface area contributed by atoms with Gasteiger partial charge in [0.15, 0.2) is 5.84 Å². The fourth-order valence-corrected chi connectivity index (χ4v) is 6.04. The Kier molecular flexibility index (Phi) is 7.14. The van der Waals surface area contributed by atoms with Crippen LogP contribution in [0.5, 0.6) is 0 Å². The van der Waals surface area contributed by atoms with E-state index in [9.17, 15) is 13.2 Å². The SMILES string of the molecule is CCN(CC)C(CNC(=O)C1CCN(C2=NS(=O)(=O)c3ccccc32)CC1)c1ccccc1. The van der Waals surface area contributed by atoms with Crippen molar-refractivity contribution in [2.24, 2.45) is 10.3 Å². The maximum atomic E-state index is 13.0. The molecule has 0 aliphatic carbocycles. The summed E-state index contributed by atoms with van der Waals surface area (Å²) in [5.41, 5.74) is 1.86. The molecule has 0 aromatic heterocycles. The fourth-order valence-electron chi connectivity index (χ4n) is 4.81. The van der Waals surface area contributed by atoms with Crippen LogP contribution >= 0.6 is 0 Å². The second-order valence-electron chi connectivity index (χ2n) is 8.54. The molecular formula is C25H32N4O3S. The molecule has 8 heteroatoms. The molecule has 4 rings (SSSR count). The highest BCUT2D eigenvalue weighted by Crippen LogP contribution is 2.30. The van der Waals surface area contributed by atoms with Crippen LogP contribution < -0.4 is 5.32 Å². The quantitative estimate of drug-likeness (QED) is 0.675. The van der Waals surface area contributed by atoms with Gasteiger partial charge in [-0.05, 0) is 43.6 Å². The van der Waals surface area contributed by atoms with E-state index in [1.165, 1.54) is 5.56 Å². The molecule has 1 fully saturated rings. The van der Waals surface area contributed by atoms with Gasteiger partial charge in [0.2, 0.25) is 5.91 Å². The molecule has 7 nitrogen and oxygen atoms in total. The Bertz CT molecular complexity index is 1110. The minimum absolute atomic E-state index is 0.0733. The van der Waals surface area contributed by atoms with Crippen LogP contribution in [0.2, 0.25) is 0 Å². The summed E-state index contributed by atoms with van der Waals surface area (Å²) in [6.45, 7) is 7.90. The topological polar surface area (TPSA) is 82.1 Å². The highest BCUT2D eigenvalue weighted by atomic mass is 32.2. The number of hydrogen-bond donors (Lipinski definition) is 1. The van der Waals surface area contributed by atoms with Gasteiger partial charge in [-0.1, -0.05) is 56.3 Å². The summed E-state index contributed by atoms with van der Waals surface area (Å²) in [4.78, 5) is 17.6. The first-order chi connectivity index (χ1) is 15.9. The van der Waals surface area contributed by atoms with Crippen LogP contribution in [0.4, 0.5) is 0 Å². The molecule has 2 aliphatic heterocycles. The number of amidine groups is 1. The lowest BCUT2D eigenvalue weighted by Crippen LogP contribution is -2.45. The van der Waals surface area contributed by atoms with Crippen LogP contribution in [0, 0.1) is 5.92 Å². The minimum atomic E-state index is -3.63. The van der Waals surface area contributed by atoms with Gasteiger partial charge in [0.1, 0.15) is 4.90 Å². The number of nitrogens with one attached hydrogen (secondary N) is 1. The standard InChI is InChI=1S/C25H32N4O3S/c1-3-28(4-2)22(19-10-6-5-7-11-19)18-26-25(30)20-14-16-29(17-15-20)24-21-12-8-9-13-23(21)33(31,32)27-24/h5-13,20,22H,3-4,14-18H2,1-2H3,(H,26,30). The number of benzene rings is 2. The molecule has 1 N–H and O–H groups in total. The van der Waals surface area contributed by atoms with Crippen LogP contribution in [0.1, 0.15) is 43.9 Å².